The van der Waals surface area contributed by atoms with Crippen LogP contribution in [0.5, 0.6) is 0 Å². The van der Waals surface area contributed by atoms with Crippen molar-refractivity contribution >= 4 is 29.4 Å². The summed E-state index contributed by atoms with van der Waals surface area (Å²) in [5, 5.41) is 21.9. The first-order chi connectivity index (χ1) is 11.9. The molecule has 5 atom stereocenters. The van der Waals surface area contributed by atoms with E-state index < -0.39 is 32.3 Å². The number of rotatable bonds is 10. The van der Waals surface area contributed by atoms with Crippen LogP contribution < -0.4 is 5.09 Å². The highest BCUT2D eigenvalue weighted by molar-refractivity contribution is 7.88. The Labute approximate surface area is 167 Å². The Bertz CT molecular complexity index is 617. The van der Waals surface area contributed by atoms with Gasteiger partial charge in [0.1, 0.15) is 0 Å². The number of nitrogens with zero attached hydrogens (tertiary/aromatic N) is 3. The molecule has 0 amide bonds. The zero-order valence-electron chi connectivity index (χ0n) is 17.5. The summed E-state index contributed by atoms with van der Waals surface area (Å²) in [4.78, 5) is 1.85. The highest BCUT2D eigenvalue weighted by Gasteiger charge is 2.21. The fraction of sp³-hybridized carbons (Fsp3) is 1.00. The van der Waals surface area contributed by atoms with Crippen molar-refractivity contribution in [2.45, 2.75) is 38.1 Å². The fourth-order valence-electron chi connectivity index (χ4n) is 1.56. The Balaban J connectivity index is 0. The summed E-state index contributed by atoms with van der Waals surface area (Å²) >= 11 is 0. The molecule has 0 aliphatic rings. The SMILES string of the molecule is C[C@@H]([C@H](O)CN(C)S(C)(=O)=O)N(C)C.C[C@H](NP)[C@H](O)CN(C)S(C)(=O)=O. The lowest BCUT2D eigenvalue weighted by Crippen LogP contribution is -2.44. The maximum atomic E-state index is 11.1. The van der Waals surface area contributed by atoms with E-state index in [1.807, 2.05) is 25.9 Å². The second kappa shape index (κ2) is 12.6. The summed E-state index contributed by atoms with van der Waals surface area (Å²) in [5.74, 6) is 0. The normalized spacial score (nSPS) is 17.4. The zero-order chi connectivity index (χ0) is 22.2. The van der Waals surface area contributed by atoms with Crippen LogP contribution in [0.25, 0.3) is 0 Å². The smallest absolute Gasteiger partial charge is 0.211 e. The van der Waals surface area contributed by atoms with E-state index in [4.69, 9.17) is 0 Å². The van der Waals surface area contributed by atoms with Crippen LogP contribution >= 0.6 is 9.39 Å². The Morgan fingerprint density at radius 1 is 0.852 bits per heavy atom. The van der Waals surface area contributed by atoms with E-state index >= 15 is 0 Å². The van der Waals surface area contributed by atoms with Gasteiger partial charge in [-0.05, 0) is 27.9 Å². The molecule has 0 saturated carbocycles. The maximum absolute atomic E-state index is 11.1. The summed E-state index contributed by atoms with van der Waals surface area (Å²) in [6.45, 7) is 3.84. The molecule has 0 aromatic heterocycles. The summed E-state index contributed by atoms with van der Waals surface area (Å²) in [6.07, 6.45) is 0.848. The lowest BCUT2D eigenvalue weighted by molar-refractivity contribution is 0.0733. The van der Waals surface area contributed by atoms with E-state index in [0.717, 1.165) is 21.1 Å². The molecule has 10 nitrogen and oxygen atoms in total. The van der Waals surface area contributed by atoms with E-state index in [1.54, 1.807) is 6.92 Å². The minimum atomic E-state index is -3.20. The van der Waals surface area contributed by atoms with Crippen LogP contribution in [0.1, 0.15) is 13.8 Å². The van der Waals surface area contributed by atoms with Crippen LogP contribution in [0.3, 0.4) is 0 Å². The van der Waals surface area contributed by atoms with Crippen LogP contribution in [0.2, 0.25) is 0 Å². The molecule has 0 rings (SSSR count). The molecule has 0 saturated heterocycles. The predicted molar refractivity (Wildman–Crippen MR) is 112 cm³/mol. The molecule has 166 valence electrons. The average Bonchev–Trinajstić information content (AvgIpc) is 2.51. The minimum absolute atomic E-state index is 0.0702. The predicted octanol–water partition coefficient (Wildman–Crippen LogP) is -1.80. The number of nitrogens with one attached hydrogen (secondary N) is 1. The molecule has 0 aliphatic heterocycles. The minimum Gasteiger partial charge on any atom is -0.390 e. The molecule has 0 heterocycles. The van der Waals surface area contributed by atoms with Gasteiger partial charge in [-0.2, -0.15) is 0 Å². The molecule has 0 aliphatic carbocycles. The Hall–Kier alpha value is 0.0900. The van der Waals surface area contributed by atoms with E-state index in [0.29, 0.717) is 0 Å². The molecular formula is C14H37N4O6PS2. The van der Waals surface area contributed by atoms with Gasteiger partial charge in [0.2, 0.25) is 20.0 Å². The van der Waals surface area contributed by atoms with Gasteiger partial charge in [-0.25, -0.2) is 25.4 Å². The van der Waals surface area contributed by atoms with Crippen LogP contribution in [0.15, 0.2) is 0 Å². The number of likely N-dealkylation sites (N-methyl/N-ethyl adjacent to an activating group) is 3. The summed E-state index contributed by atoms with van der Waals surface area (Å²) in [7, 11) is 2.45. The summed E-state index contributed by atoms with van der Waals surface area (Å²) < 4.78 is 46.3. The van der Waals surface area contributed by atoms with Gasteiger partial charge in [0.15, 0.2) is 0 Å². The monoisotopic (exact) mass is 452 g/mol. The van der Waals surface area contributed by atoms with E-state index in [9.17, 15) is 27.0 Å². The first-order valence-electron chi connectivity index (χ1n) is 8.26. The van der Waals surface area contributed by atoms with E-state index in [-0.39, 0.29) is 25.2 Å². The van der Waals surface area contributed by atoms with Gasteiger partial charge < -0.3 is 15.1 Å². The van der Waals surface area contributed by atoms with Crippen molar-refractivity contribution in [2.24, 2.45) is 0 Å². The van der Waals surface area contributed by atoms with Gasteiger partial charge in [0.25, 0.3) is 0 Å². The number of sulfonamides is 2. The molecule has 1 unspecified atom stereocenters. The molecule has 3 N–H and O–H groups in total. The first-order valence-corrected chi connectivity index (χ1v) is 12.5. The highest BCUT2D eigenvalue weighted by atomic mass is 32.2. The van der Waals surface area contributed by atoms with Crippen LogP contribution in [-0.4, -0.2) is 119 Å². The van der Waals surface area contributed by atoms with E-state index in [1.165, 1.54) is 14.1 Å². The lowest BCUT2D eigenvalue weighted by atomic mass is 10.2. The topological polar surface area (TPSA) is 130 Å². The van der Waals surface area contributed by atoms with Crippen LogP contribution in [0.4, 0.5) is 0 Å². The Kier molecular flexibility index (Phi) is 13.7. The van der Waals surface area contributed by atoms with Gasteiger partial charge in [-0.1, -0.05) is 9.39 Å². The molecule has 0 bridgehead atoms. The van der Waals surface area contributed by atoms with Crippen molar-refractivity contribution in [3.8, 4) is 0 Å². The van der Waals surface area contributed by atoms with Crippen molar-refractivity contribution in [3.05, 3.63) is 0 Å². The fourth-order valence-corrected chi connectivity index (χ4v) is 2.63. The molecule has 27 heavy (non-hydrogen) atoms. The third-order valence-electron chi connectivity index (χ3n) is 4.23. The average molecular weight is 453 g/mol. The molecular weight excluding hydrogens is 415 g/mol. The van der Waals surface area contributed by atoms with Gasteiger partial charge in [-0.3, -0.25) is 5.09 Å². The Morgan fingerprint density at radius 2 is 1.19 bits per heavy atom. The van der Waals surface area contributed by atoms with Crippen LogP contribution in [0, 0.1) is 0 Å². The second-order valence-electron chi connectivity index (χ2n) is 6.88. The zero-order valence-corrected chi connectivity index (χ0v) is 20.3. The first kappa shape index (κ1) is 29.3. The van der Waals surface area contributed by atoms with Gasteiger partial charge >= 0.3 is 0 Å². The second-order valence-corrected chi connectivity index (χ2v) is 11.4. The highest BCUT2D eigenvalue weighted by Crippen LogP contribution is 2.04. The van der Waals surface area contributed by atoms with Crippen LogP contribution in [-0.2, 0) is 20.0 Å². The van der Waals surface area contributed by atoms with Crippen molar-refractivity contribution in [1.29, 1.82) is 0 Å². The summed E-state index contributed by atoms with van der Waals surface area (Å²) in [5.41, 5.74) is 0. The molecule has 0 aromatic carbocycles. The van der Waals surface area contributed by atoms with Crippen molar-refractivity contribution in [2.75, 3.05) is 53.8 Å². The Morgan fingerprint density at radius 3 is 1.44 bits per heavy atom. The van der Waals surface area contributed by atoms with Crippen molar-refractivity contribution in [3.63, 3.8) is 0 Å². The molecule has 0 fully saturated rings. The van der Waals surface area contributed by atoms with Crippen molar-refractivity contribution in [1.82, 2.24) is 18.6 Å². The number of hydrogen-bond donors (Lipinski definition) is 3. The lowest BCUT2D eigenvalue weighted by Gasteiger charge is -2.27. The standard InChI is InChI=1S/C8H20N2O3S.C6H17N2O3PS/c1-7(9(2)3)8(11)6-10(4)14(5,12)13;1-5(7-12)6(9)4-8(2)13(3,10)11/h7-8,11H,6H2,1-5H3;5-7,9H,4,12H2,1-3H3/t7-,8+;5-,6+/m00/s1. The molecule has 0 spiro atoms. The third kappa shape index (κ3) is 13.0. The molecule has 0 radical (unpaired) electrons. The molecule has 0 aromatic rings. The summed E-state index contributed by atoms with van der Waals surface area (Å²) in [6, 6.07) is -0.228. The molecule has 13 heteroatoms. The number of aliphatic hydroxyl groups is 2. The van der Waals surface area contributed by atoms with Crippen molar-refractivity contribution < 1.29 is 27.0 Å². The van der Waals surface area contributed by atoms with E-state index in [2.05, 4.69) is 14.5 Å². The number of hydrogen-bond acceptors (Lipinski definition) is 8. The quantitative estimate of drug-likeness (QED) is 0.331. The third-order valence-corrected chi connectivity index (χ3v) is 7.32. The maximum Gasteiger partial charge on any atom is 0.211 e. The van der Waals surface area contributed by atoms with Gasteiger partial charge in [0.05, 0.1) is 24.7 Å². The van der Waals surface area contributed by atoms with Gasteiger partial charge in [0, 0.05) is 39.3 Å². The number of aliphatic hydroxyl groups excluding tert-OH is 2. The largest absolute Gasteiger partial charge is 0.390 e. The van der Waals surface area contributed by atoms with Gasteiger partial charge in [-0.15, -0.1) is 0 Å².